The normalized spacial score (nSPS) is 10.5. The fraction of sp³-hybridized carbons (Fsp3) is 0.636. The van der Waals surface area contributed by atoms with E-state index in [1.807, 2.05) is 0 Å². The number of hydrogen-bond donors (Lipinski definition) is 2. The number of carbonyl (C=O) groups is 1. The highest BCUT2D eigenvalue weighted by molar-refractivity contribution is 5.96. The van der Waals surface area contributed by atoms with Crippen molar-refractivity contribution < 1.29 is 9.53 Å². The molecule has 1 heterocycles. The van der Waals surface area contributed by atoms with Gasteiger partial charge >= 0.3 is 0 Å². The summed E-state index contributed by atoms with van der Waals surface area (Å²) in [6, 6.07) is 0. The molecule has 0 aliphatic carbocycles. The number of nitrogens with zero attached hydrogens (tertiary/aromatic N) is 2. The molecule has 3 N–H and O–H groups in total. The van der Waals surface area contributed by atoms with Crippen LogP contribution in [-0.2, 0) is 11.8 Å². The lowest BCUT2D eigenvalue weighted by atomic mass is 10.2. The number of anilines is 1. The number of nitrogens with one attached hydrogen (secondary N) is 1. The van der Waals surface area contributed by atoms with Crippen LogP contribution < -0.4 is 11.1 Å². The van der Waals surface area contributed by atoms with E-state index >= 15 is 0 Å². The van der Waals surface area contributed by atoms with Crippen LogP contribution in [0.15, 0.2) is 6.20 Å². The van der Waals surface area contributed by atoms with Crippen LogP contribution in [0, 0.1) is 0 Å². The first-order valence-corrected chi connectivity index (χ1v) is 5.71. The molecule has 0 aromatic carbocycles. The third-order valence-corrected chi connectivity index (χ3v) is 2.38. The van der Waals surface area contributed by atoms with E-state index in [4.69, 9.17) is 10.5 Å². The molecule has 0 atom stereocenters. The monoisotopic (exact) mass is 240 g/mol. The fourth-order valence-electron chi connectivity index (χ4n) is 1.52. The summed E-state index contributed by atoms with van der Waals surface area (Å²) < 4.78 is 6.47. The summed E-state index contributed by atoms with van der Waals surface area (Å²) in [5.41, 5.74) is 6.35. The van der Waals surface area contributed by atoms with Crippen LogP contribution in [-0.4, -0.2) is 35.9 Å². The standard InChI is InChI=1S/C11H20N4O2/c1-15-8-9(12)10(14-15)11(16)13-6-4-3-5-7-17-2/h8H,3-7,12H2,1-2H3,(H,13,16). The van der Waals surface area contributed by atoms with Crippen LogP contribution in [0.5, 0.6) is 0 Å². The summed E-state index contributed by atoms with van der Waals surface area (Å²) in [5.74, 6) is -0.213. The molecule has 0 saturated heterocycles. The van der Waals surface area contributed by atoms with E-state index in [2.05, 4.69) is 10.4 Å². The topological polar surface area (TPSA) is 82.2 Å². The smallest absolute Gasteiger partial charge is 0.273 e. The van der Waals surface area contributed by atoms with Gasteiger partial charge in [-0.1, -0.05) is 0 Å². The summed E-state index contributed by atoms with van der Waals surface area (Å²) in [7, 11) is 3.42. The molecule has 0 radical (unpaired) electrons. The Morgan fingerprint density at radius 3 is 2.88 bits per heavy atom. The van der Waals surface area contributed by atoms with Crippen molar-refractivity contribution in [3.63, 3.8) is 0 Å². The minimum absolute atomic E-state index is 0.213. The van der Waals surface area contributed by atoms with Gasteiger partial charge in [-0.2, -0.15) is 5.10 Å². The van der Waals surface area contributed by atoms with Crippen LogP contribution >= 0.6 is 0 Å². The summed E-state index contributed by atoms with van der Waals surface area (Å²) in [4.78, 5) is 11.7. The Hall–Kier alpha value is -1.56. The average Bonchev–Trinajstić information content (AvgIpc) is 2.62. The first kappa shape index (κ1) is 13.5. The van der Waals surface area contributed by atoms with Crippen LogP contribution in [0.4, 0.5) is 5.69 Å². The Morgan fingerprint density at radius 1 is 1.53 bits per heavy atom. The maximum absolute atomic E-state index is 11.7. The van der Waals surface area contributed by atoms with E-state index in [1.54, 1.807) is 20.4 Å². The van der Waals surface area contributed by atoms with Crippen molar-refractivity contribution in [2.45, 2.75) is 19.3 Å². The Balaban J connectivity index is 2.23. The highest BCUT2D eigenvalue weighted by atomic mass is 16.5. The zero-order chi connectivity index (χ0) is 12.7. The number of aromatic nitrogens is 2. The summed E-state index contributed by atoms with van der Waals surface area (Å²) in [6.07, 6.45) is 4.60. The zero-order valence-electron chi connectivity index (χ0n) is 10.4. The molecular formula is C11H20N4O2. The van der Waals surface area contributed by atoms with Crippen molar-refractivity contribution in [3.8, 4) is 0 Å². The molecule has 0 fully saturated rings. The van der Waals surface area contributed by atoms with E-state index in [0.717, 1.165) is 25.9 Å². The Labute approximate surface area is 101 Å². The number of amides is 1. The average molecular weight is 240 g/mol. The number of ether oxygens (including phenoxy) is 1. The lowest BCUT2D eigenvalue weighted by Gasteiger charge is -2.03. The van der Waals surface area contributed by atoms with E-state index in [1.165, 1.54) is 4.68 Å². The maximum Gasteiger partial charge on any atom is 0.273 e. The number of carbonyl (C=O) groups excluding carboxylic acids is 1. The predicted octanol–water partition coefficient (Wildman–Crippen LogP) is 0.549. The molecule has 96 valence electrons. The van der Waals surface area contributed by atoms with Gasteiger partial charge in [-0.3, -0.25) is 9.48 Å². The molecule has 0 aliphatic rings. The maximum atomic E-state index is 11.7. The van der Waals surface area contributed by atoms with Crippen molar-refractivity contribution in [3.05, 3.63) is 11.9 Å². The third kappa shape index (κ3) is 4.44. The van der Waals surface area contributed by atoms with Gasteiger partial charge in [-0.15, -0.1) is 0 Å². The van der Waals surface area contributed by atoms with Gasteiger partial charge in [0.25, 0.3) is 5.91 Å². The van der Waals surface area contributed by atoms with E-state index in [0.29, 0.717) is 17.9 Å². The van der Waals surface area contributed by atoms with Gasteiger partial charge in [0.2, 0.25) is 0 Å². The Morgan fingerprint density at radius 2 is 2.29 bits per heavy atom. The van der Waals surface area contributed by atoms with Crippen LogP contribution in [0.3, 0.4) is 0 Å². The van der Waals surface area contributed by atoms with Crippen molar-refractivity contribution in [2.24, 2.45) is 7.05 Å². The fourth-order valence-corrected chi connectivity index (χ4v) is 1.52. The van der Waals surface area contributed by atoms with Gasteiger partial charge < -0.3 is 15.8 Å². The Kier molecular flexibility index (Phi) is 5.48. The number of methoxy groups -OCH3 is 1. The molecule has 0 aliphatic heterocycles. The molecule has 0 saturated carbocycles. The molecule has 0 bridgehead atoms. The van der Waals surface area contributed by atoms with Crippen molar-refractivity contribution in [1.29, 1.82) is 0 Å². The SMILES string of the molecule is COCCCCCNC(=O)c1nn(C)cc1N. The molecular weight excluding hydrogens is 220 g/mol. The third-order valence-electron chi connectivity index (χ3n) is 2.38. The van der Waals surface area contributed by atoms with E-state index in [9.17, 15) is 4.79 Å². The van der Waals surface area contributed by atoms with Gasteiger partial charge in [-0.05, 0) is 19.3 Å². The number of hydrogen-bond acceptors (Lipinski definition) is 4. The van der Waals surface area contributed by atoms with Crippen LogP contribution in [0.1, 0.15) is 29.8 Å². The number of aryl methyl sites for hydroxylation is 1. The minimum Gasteiger partial charge on any atom is -0.396 e. The molecule has 0 spiro atoms. The lowest BCUT2D eigenvalue weighted by molar-refractivity contribution is 0.0948. The number of nitrogens with two attached hydrogens (primary N) is 1. The lowest BCUT2D eigenvalue weighted by Crippen LogP contribution is -2.25. The number of rotatable bonds is 7. The van der Waals surface area contributed by atoms with Gasteiger partial charge in [0.05, 0.1) is 5.69 Å². The quantitative estimate of drug-likeness (QED) is 0.682. The number of nitrogen functional groups attached to an aromatic ring is 1. The second kappa shape index (κ2) is 6.90. The largest absolute Gasteiger partial charge is 0.396 e. The zero-order valence-corrected chi connectivity index (χ0v) is 10.4. The summed E-state index contributed by atoms with van der Waals surface area (Å²) in [5, 5.41) is 6.79. The predicted molar refractivity (Wildman–Crippen MR) is 65.7 cm³/mol. The van der Waals surface area contributed by atoms with E-state index < -0.39 is 0 Å². The van der Waals surface area contributed by atoms with Crippen molar-refractivity contribution in [1.82, 2.24) is 15.1 Å². The second-order valence-corrected chi connectivity index (χ2v) is 3.92. The van der Waals surface area contributed by atoms with Crippen molar-refractivity contribution >= 4 is 11.6 Å². The highest BCUT2D eigenvalue weighted by Gasteiger charge is 2.12. The van der Waals surface area contributed by atoms with E-state index in [-0.39, 0.29) is 5.91 Å². The molecule has 1 aromatic heterocycles. The highest BCUT2D eigenvalue weighted by Crippen LogP contribution is 2.07. The number of unbranched alkanes of at least 4 members (excludes halogenated alkanes) is 2. The molecule has 1 amide bonds. The molecule has 6 heteroatoms. The second-order valence-electron chi connectivity index (χ2n) is 3.92. The Bertz CT molecular complexity index is 362. The molecule has 1 aromatic rings. The molecule has 1 rings (SSSR count). The molecule has 0 unspecified atom stereocenters. The first-order chi connectivity index (χ1) is 8.15. The van der Waals surface area contributed by atoms with Crippen molar-refractivity contribution in [2.75, 3.05) is 26.0 Å². The molecule has 6 nitrogen and oxygen atoms in total. The van der Waals surface area contributed by atoms with Gasteiger partial charge in [0, 0.05) is 33.5 Å². The van der Waals surface area contributed by atoms with Gasteiger partial charge in [0.1, 0.15) is 0 Å². The summed E-state index contributed by atoms with van der Waals surface area (Å²) >= 11 is 0. The van der Waals surface area contributed by atoms with Crippen LogP contribution in [0.2, 0.25) is 0 Å². The van der Waals surface area contributed by atoms with Gasteiger partial charge in [-0.25, -0.2) is 0 Å². The minimum atomic E-state index is -0.213. The van der Waals surface area contributed by atoms with Gasteiger partial charge in [0.15, 0.2) is 5.69 Å². The van der Waals surface area contributed by atoms with Crippen LogP contribution in [0.25, 0.3) is 0 Å². The summed E-state index contributed by atoms with van der Waals surface area (Å²) in [6.45, 7) is 1.40. The molecule has 17 heavy (non-hydrogen) atoms. The first-order valence-electron chi connectivity index (χ1n) is 5.71.